The van der Waals surface area contributed by atoms with E-state index in [1.165, 1.54) is 7.11 Å². The summed E-state index contributed by atoms with van der Waals surface area (Å²) in [4.78, 5) is 25.1. The Morgan fingerprint density at radius 3 is 2.65 bits per heavy atom. The molecule has 2 atom stereocenters. The number of hydrogen-bond donors (Lipinski definition) is 1. The molecular weight excluding hydrogens is 298 g/mol. The molecule has 0 saturated carbocycles. The van der Waals surface area contributed by atoms with Crippen LogP contribution in [0.2, 0.25) is 0 Å². The highest BCUT2D eigenvalue weighted by Gasteiger charge is 2.29. The van der Waals surface area contributed by atoms with Crippen molar-refractivity contribution < 1.29 is 24.2 Å². The van der Waals surface area contributed by atoms with Crippen molar-refractivity contribution in [1.82, 2.24) is 4.90 Å². The average molecular weight is 321 g/mol. The highest BCUT2D eigenvalue weighted by Crippen LogP contribution is 2.30. The molecule has 0 spiro atoms. The van der Waals surface area contributed by atoms with E-state index in [1.807, 2.05) is 0 Å². The largest absolute Gasteiger partial charge is 0.493 e. The molecule has 6 nitrogen and oxygen atoms in total. The summed E-state index contributed by atoms with van der Waals surface area (Å²) in [5, 5.41) is 10.4. The normalized spacial score (nSPS) is 19.4. The number of carbonyl (C=O) groups is 2. The maximum absolute atomic E-state index is 12.0. The number of nitrogens with zero attached hydrogens (tertiary/aromatic N) is 1. The fourth-order valence-electron chi connectivity index (χ4n) is 2.80. The van der Waals surface area contributed by atoms with Crippen LogP contribution < -0.4 is 9.47 Å². The van der Waals surface area contributed by atoms with Crippen molar-refractivity contribution in [2.24, 2.45) is 5.92 Å². The highest BCUT2D eigenvalue weighted by atomic mass is 16.5. The summed E-state index contributed by atoms with van der Waals surface area (Å²) >= 11 is 0. The van der Waals surface area contributed by atoms with Gasteiger partial charge >= 0.3 is 0 Å². The minimum absolute atomic E-state index is 0.0259. The minimum Gasteiger partial charge on any atom is -0.493 e. The van der Waals surface area contributed by atoms with Gasteiger partial charge in [0.1, 0.15) is 5.78 Å². The molecule has 1 aromatic carbocycles. The lowest BCUT2D eigenvalue weighted by atomic mass is 9.93. The van der Waals surface area contributed by atoms with Crippen molar-refractivity contribution in [2.45, 2.75) is 25.9 Å². The Morgan fingerprint density at radius 2 is 2.04 bits per heavy atom. The van der Waals surface area contributed by atoms with Gasteiger partial charge < -0.3 is 19.5 Å². The van der Waals surface area contributed by atoms with Gasteiger partial charge in [-0.3, -0.25) is 9.59 Å². The molecule has 1 aliphatic heterocycles. The van der Waals surface area contributed by atoms with Crippen LogP contribution in [0.1, 0.15) is 31.4 Å². The molecule has 1 aliphatic rings. The monoisotopic (exact) mass is 321 g/mol. The van der Waals surface area contributed by atoms with Crippen LogP contribution in [0.15, 0.2) is 18.2 Å². The van der Waals surface area contributed by atoms with E-state index in [0.29, 0.717) is 36.4 Å². The molecule has 1 N–H and O–H groups in total. The number of amides is 1. The zero-order chi connectivity index (χ0) is 17.0. The van der Waals surface area contributed by atoms with Crippen LogP contribution in [-0.4, -0.2) is 49.0 Å². The number of methoxy groups -OCH3 is 2. The van der Waals surface area contributed by atoms with Gasteiger partial charge in [-0.2, -0.15) is 0 Å². The van der Waals surface area contributed by atoms with Crippen LogP contribution in [0.25, 0.3) is 0 Å². The molecule has 2 unspecified atom stereocenters. The molecule has 6 heteroatoms. The Balaban J connectivity index is 2.09. The van der Waals surface area contributed by atoms with Crippen molar-refractivity contribution >= 4 is 11.7 Å². The van der Waals surface area contributed by atoms with E-state index in [1.54, 1.807) is 37.1 Å². The molecular formula is C17H23NO5. The van der Waals surface area contributed by atoms with Crippen LogP contribution in [-0.2, 0) is 9.59 Å². The van der Waals surface area contributed by atoms with E-state index in [-0.39, 0.29) is 24.2 Å². The standard InChI is InChI=1S/C17H23NO5/c1-11(19)13-5-7-17(21)18(9-13)10-14(20)12-4-6-15(22-2)16(8-12)23-3/h4,6,8,13-14,20H,5,7,9-10H2,1-3H3. The van der Waals surface area contributed by atoms with E-state index in [9.17, 15) is 14.7 Å². The third kappa shape index (κ3) is 4.01. The molecule has 1 aromatic rings. The number of aliphatic hydroxyl groups excluding tert-OH is 1. The SMILES string of the molecule is COc1ccc(C(O)CN2CC(C(C)=O)CCC2=O)cc1OC. The topological polar surface area (TPSA) is 76.1 Å². The van der Waals surface area contributed by atoms with Gasteiger partial charge in [-0.05, 0) is 31.0 Å². The van der Waals surface area contributed by atoms with E-state index < -0.39 is 6.10 Å². The number of carbonyl (C=O) groups excluding carboxylic acids is 2. The van der Waals surface area contributed by atoms with Gasteiger partial charge in [0.15, 0.2) is 11.5 Å². The molecule has 1 heterocycles. The van der Waals surface area contributed by atoms with Gasteiger partial charge in [-0.25, -0.2) is 0 Å². The molecule has 2 rings (SSSR count). The van der Waals surface area contributed by atoms with Crippen LogP contribution in [0.4, 0.5) is 0 Å². The highest BCUT2D eigenvalue weighted by molar-refractivity contribution is 5.83. The summed E-state index contributed by atoms with van der Waals surface area (Å²) < 4.78 is 10.4. The summed E-state index contributed by atoms with van der Waals surface area (Å²) in [6.07, 6.45) is 0.101. The number of rotatable bonds is 6. The van der Waals surface area contributed by atoms with E-state index in [4.69, 9.17) is 9.47 Å². The molecule has 0 bridgehead atoms. The molecule has 1 saturated heterocycles. The molecule has 1 amide bonds. The first-order valence-corrected chi connectivity index (χ1v) is 7.64. The number of benzene rings is 1. The smallest absolute Gasteiger partial charge is 0.222 e. The maximum Gasteiger partial charge on any atom is 0.222 e. The predicted molar refractivity (Wildman–Crippen MR) is 84.5 cm³/mol. The second-order valence-corrected chi connectivity index (χ2v) is 5.78. The lowest BCUT2D eigenvalue weighted by Crippen LogP contribution is -2.43. The second kappa shape index (κ2) is 7.46. The van der Waals surface area contributed by atoms with E-state index >= 15 is 0 Å². The molecule has 0 radical (unpaired) electrons. The van der Waals surface area contributed by atoms with Crippen molar-refractivity contribution in [3.05, 3.63) is 23.8 Å². The lowest BCUT2D eigenvalue weighted by molar-refractivity contribution is -0.138. The summed E-state index contributed by atoms with van der Waals surface area (Å²) in [6, 6.07) is 5.15. The van der Waals surface area contributed by atoms with Gasteiger partial charge in [0.05, 0.1) is 26.9 Å². The Labute approximate surface area is 136 Å². The van der Waals surface area contributed by atoms with Crippen LogP contribution >= 0.6 is 0 Å². The molecule has 0 aromatic heterocycles. The molecule has 23 heavy (non-hydrogen) atoms. The lowest BCUT2D eigenvalue weighted by Gasteiger charge is -2.33. The number of ether oxygens (including phenoxy) is 2. The first kappa shape index (κ1) is 17.3. The van der Waals surface area contributed by atoms with Crippen molar-refractivity contribution in [3.63, 3.8) is 0 Å². The Bertz CT molecular complexity index is 586. The average Bonchev–Trinajstić information content (AvgIpc) is 2.55. The quantitative estimate of drug-likeness (QED) is 0.860. The molecule has 126 valence electrons. The number of ketones is 1. The van der Waals surface area contributed by atoms with E-state index in [2.05, 4.69) is 0 Å². The Kier molecular flexibility index (Phi) is 5.60. The Hall–Kier alpha value is -2.08. The zero-order valence-electron chi connectivity index (χ0n) is 13.7. The number of aliphatic hydroxyl groups is 1. The second-order valence-electron chi connectivity index (χ2n) is 5.78. The van der Waals surface area contributed by atoms with Crippen LogP contribution in [0.5, 0.6) is 11.5 Å². The van der Waals surface area contributed by atoms with Crippen LogP contribution in [0.3, 0.4) is 0 Å². The molecule has 0 aliphatic carbocycles. The Morgan fingerprint density at radius 1 is 1.35 bits per heavy atom. The van der Waals surface area contributed by atoms with Gasteiger partial charge in [-0.1, -0.05) is 6.07 Å². The summed E-state index contributed by atoms with van der Waals surface area (Å²) in [5.41, 5.74) is 0.639. The fraction of sp³-hybridized carbons (Fsp3) is 0.529. The minimum atomic E-state index is -0.843. The molecule has 1 fully saturated rings. The number of β-amino-alcohol motifs (C(OH)–C–C–N with tert-alkyl or cyclic N) is 1. The third-order valence-corrected chi connectivity index (χ3v) is 4.26. The van der Waals surface area contributed by atoms with Gasteiger partial charge in [0.25, 0.3) is 0 Å². The van der Waals surface area contributed by atoms with E-state index in [0.717, 1.165) is 0 Å². The number of Topliss-reactive ketones (excluding diaryl/α,β-unsaturated/α-hetero) is 1. The zero-order valence-corrected chi connectivity index (χ0v) is 13.7. The predicted octanol–water partition coefficient (Wildman–Crippen LogP) is 1.56. The van der Waals surface area contributed by atoms with Crippen molar-refractivity contribution in [1.29, 1.82) is 0 Å². The summed E-state index contributed by atoms with van der Waals surface area (Å²) in [7, 11) is 3.07. The number of hydrogen-bond acceptors (Lipinski definition) is 5. The fourth-order valence-corrected chi connectivity index (χ4v) is 2.80. The van der Waals surface area contributed by atoms with Crippen molar-refractivity contribution in [3.8, 4) is 11.5 Å². The summed E-state index contributed by atoms with van der Waals surface area (Å²) in [5.74, 6) is 1.03. The number of likely N-dealkylation sites (tertiary alicyclic amines) is 1. The first-order valence-electron chi connectivity index (χ1n) is 7.64. The van der Waals surface area contributed by atoms with Gasteiger partial charge in [0, 0.05) is 18.9 Å². The third-order valence-electron chi connectivity index (χ3n) is 4.26. The maximum atomic E-state index is 12.0. The van der Waals surface area contributed by atoms with Gasteiger partial charge in [-0.15, -0.1) is 0 Å². The number of piperidine rings is 1. The van der Waals surface area contributed by atoms with Crippen molar-refractivity contribution in [2.75, 3.05) is 27.3 Å². The van der Waals surface area contributed by atoms with Gasteiger partial charge in [0.2, 0.25) is 5.91 Å². The summed E-state index contributed by atoms with van der Waals surface area (Å²) in [6.45, 7) is 2.08. The van der Waals surface area contributed by atoms with Crippen LogP contribution in [0, 0.1) is 5.92 Å². The first-order chi connectivity index (χ1) is 11.0.